The summed E-state index contributed by atoms with van der Waals surface area (Å²) in [6.45, 7) is 6.59. The number of nitrogens with zero attached hydrogens (tertiary/aromatic N) is 1. The molecule has 1 aromatic rings. The smallest absolute Gasteiger partial charge is 0.241 e. The van der Waals surface area contributed by atoms with E-state index in [2.05, 4.69) is 23.6 Å². The van der Waals surface area contributed by atoms with Crippen LogP contribution < -0.4 is 10.5 Å². The number of rotatable bonds is 3. The van der Waals surface area contributed by atoms with Crippen molar-refractivity contribution in [1.29, 1.82) is 0 Å². The Balaban J connectivity index is 2.26. The fourth-order valence-electron chi connectivity index (χ4n) is 2.93. The molecule has 0 radical (unpaired) electrons. The molecular weight excluding hydrogens is 286 g/mol. The van der Waals surface area contributed by atoms with E-state index in [9.17, 15) is 8.42 Å². The molecule has 1 fully saturated rings. The summed E-state index contributed by atoms with van der Waals surface area (Å²) in [6.07, 6.45) is 1.66. The molecule has 118 valence electrons. The lowest BCUT2D eigenvalue weighted by Crippen LogP contribution is -2.47. The molecule has 1 aromatic carbocycles. The molecular formula is C15H25N3O2S. The predicted octanol–water partition coefficient (Wildman–Crippen LogP) is 1.65. The van der Waals surface area contributed by atoms with Crippen LogP contribution in [0.4, 0.5) is 5.69 Å². The number of nitrogen functional groups attached to an aromatic ring is 1. The van der Waals surface area contributed by atoms with E-state index in [1.54, 1.807) is 26.0 Å². The molecule has 21 heavy (non-hydrogen) atoms. The van der Waals surface area contributed by atoms with Gasteiger partial charge in [-0.2, -0.15) is 0 Å². The van der Waals surface area contributed by atoms with Crippen LogP contribution in [0, 0.1) is 13.8 Å². The van der Waals surface area contributed by atoms with E-state index >= 15 is 0 Å². The van der Waals surface area contributed by atoms with Crippen molar-refractivity contribution < 1.29 is 8.42 Å². The zero-order valence-electron chi connectivity index (χ0n) is 13.2. The summed E-state index contributed by atoms with van der Waals surface area (Å²) >= 11 is 0. The Labute approximate surface area is 127 Å². The Hall–Kier alpha value is -1.11. The monoisotopic (exact) mass is 311 g/mol. The molecule has 0 spiro atoms. The van der Waals surface area contributed by atoms with E-state index < -0.39 is 10.0 Å². The van der Waals surface area contributed by atoms with Crippen LogP contribution in [0.5, 0.6) is 0 Å². The molecule has 0 saturated carbocycles. The minimum Gasteiger partial charge on any atom is -0.398 e. The molecule has 0 aliphatic carbocycles. The Morgan fingerprint density at radius 1 is 1.33 bits per heavy atom. The fraction of sp³-hybridized carbons (Fsp3) is 0.600. The van der Waals surface area contributed by atoms with Gasteiger partial charge in [0.25, 0.3) is 0 Å². The van der Waals surface area contributed by atoms with Crippen molar-refractivity contribution in [3.63, 3.8) is 0 Å². The zero-order chi connectivity index (χ0) is 15.8. The molecule has 5 nitrogen and oxygen atoms in total. The second-order valence-electron chi connectivity index (χ2n) is 6.10. The second kappa shape index (κ2) is 5.94. The summed E-state index contributed by atoms with van der Waals surface area (Å²) in [4.78, 5) is 2.58. The molecule has 6 heteroatoms. The summed E-state index contributed by atoms with van der Waals surface area (Å²) in [6, 6.07) is 3.88. The molecule has 0 bridgehead atoms. The molecule has 1 heterocycles. The van der Waals surface area contributed by atoms with Gasteiger partial charge in [-0.25, -0.2) is 13.1 Å². The molecule has 3 N–H and O–H groups in total. The second-order valence-corrected chi connectivity index (χ2v) is 7.75. The maximum atomic E-state index is 12.7. The average Bonchev–Trinajstić information content (AvgIpc) is 2.38. The van der Waals surface area contributed by atoms with Crippen molar-refractivity contribution in [2.75, 3.05) is 19.3 Å². The number of anilines is 1. The first-order valence-electron chi connectivity index (χ1n) is 7.30. The van der Waals surface area contributed by atoms with Crippen molar-refractivity contribution >= 4 is 15.7 Å². The van der Waals surface area contributed by atoms with Crippen LogP contribution in [0.3, 0.4) is 0 Å². The third-order valence-corrected chi connectivity index (χ3v) is 6.25. The number of sulfonamides is 1. The molecule has 2 atom stereocenters. The Bertz CT molecular complexity index is 628. The van der Waals surface area contributed by atoms with Gasteiger partial charge in [-0.3, -0.25) is 0 Å². The highest BCUT2D eigenvalue weighted by atomic mass is 32.2. The first-order chi connectivity index (χ1) is 9.72. The van der Waals surface area contributed by atoms with Gasteiger partial charge >= 0.3 is 0 Å². The number of likely N-dealkylation sites (tertiary alicyclic amines) is 1. The van der Waals surface area contributed by atoms with Crippen LogP contribution in [0.1, 0.15) is 30.9 Å². The predicted molar refractivity (Wildman–Crippen MR) is 85.8 cm³/mol. The van der Waals surface area contributed by atoms with Gasteiger partial charge in [-0.15, -0.1) is 0 Å². The summed E-state index contributed by atoms with van der Waals surface area (Å²) < 4.78 is 28.3. The lowest BCUT2D eigenvalue weighted by molar-refractivity contribution is 0.178. The lowest BCUT2D eigenvalue weighted by atomic mass is 10.0. The minimum atomic E-state index is -3.53. The molecule has 1 aliphatic heterocycles. The fourth-order valence-corrected chi connectivity index (χ4v) is 4.71. The van der Waals surface area contributed by atoms with Gasteiger partial charge in [0.1, 0.15) is 0 Å². The van der Waals surface area contributed by atoms with Crippen LogP contribution in [-0.4, -0.2) is 39.0 Å². The molecule has 2 rings (SSSR count). The van der Waals surface area contributed by atoms with Gasteiger partial charge in [-0.1, -0.05) is 6.07 Å². The van der Waals surface area contributed by atoms with E-state index in [1.807, 2.05) is 0 Å². The SMILES string of the molecule is Cc1ccc(N)c(C)c1S(=O)(=O)NC1CCN(C)C(C)C1. The van der Waals surface area contributed by atoms with Gasteiger partial charge in [-0.05, 0) is 64.4 Å². The Morgan fingerprint density at radius 3 is 2.62 bits per heavy atom. The van der Waals surface area contributed by atoms with Crippen LogP contribution in [-0.2, 0) is 10.0 Å². The van der Waals surface area contributed by atoms with Crippen LogP contribution in [0.25, 0.3) is 0 Å². The third-order valence-electron chi connectivity index (χ3n) is 4.44. The minimum absolute atomic E-state index is 0.0126. The highest BCUT2D eigenvalue weighted by Crippen LogP contribution is 2.26. The maximum absolute atomic E-state index is 12.7. The van der Waals surface area contributed by atoms with E-state index in [4.69, 9.17) is 5.73 Å². The zero-order valence-corrected chi connectivity index (χ0v) is 14.0. The molecule has 0 amide bonds. The van der Waals surface area contributed by atoms with Crippen molar-refractivity contribution in [1.82, 2.24) is 9.62 Å². The van der Waals surface area contributed by atoms with E-state index in [0.29, 0.717) is 22.2 Å². The topological polar surface area (TPSA) is 75.4 Å². The molecule has 1 aliphatic rings. The average molecular weight is 311 g/mol. The van der Waals surface area contributed by atoms with E-state index in [1.165, 1.54) is 0 Å². The maximum Gasteiger partial charge on any atom is 0.241 e. The lowest BCUT2D eigenvalue weighted by Gasteiger charge is -2.35. The van der Waals surface area contributed by atoms with Crippen LogP contribution in [0.2, 0.25) is 0 Å². The highest BCUT2D eigenvalue weighted by Gasteiger charge is 2.28. The van der Waals surface area contributed by atoms with Gasteiger partial charge in [0.05, 0.1) is 4.90 Å². The largest absolute Gasteiger partial charge is 0.398 e. The van der Waals surface area contributed by atoms with Crippen molar-refractivity contribution in [2.24, 2.45) is 0 Å². The number of piperidine rings is 1. The Morgan fingerprint density at radius 2 is 2.00 bits per heavy atom. The first-order valence-corrected chi connectivity index (χ1v) is 8.79. The van der Waals surface area contributed by atoms with Crippen molar-refractivity contribution in [3.05, 3.63) is 23.3 Å². The number of hydrogen-bond donors (Lipinski definition) is 2. The number of aryl methyl sites for hydroxylation is 1. The standard InChI is InChI=1S/C15H25N3O2S/c1-10-5-6-14(16)12(3)15(10)21(19,20)17-13-7-8-18(4)11(2)9-13/h5-6,11,13,17H,7-9,16H2,1-4H3. The molecule has 1 saturated heterocycles. The Kier molecular flexibility index (Phi) is 4.60. The number of nitrogens with one attached hydrogen (secondary N) is 1. The quantitative estimate of drug-likeness (QED) is 0.832. The third kappa shape index (κ3) is 3.39. The van der Waals surface area contributed by atoms with Gasteiger partial charge in [0.15, 0.2) is 0 Å². The normalized spacial score (nSPS) is 24.2. The summed E-state index contributed by atoms with van der Waals surface area (Å²) in [5.74, 6) is 0. The number of nitrogens with two attached hydrogens (primary N) is 1. The van der Waals surface area contributed by atoms with Gasteiger partial charge in [0.2, 0.25) is 10.0 Å². The summed E-state index contributed by atoms with van der Waals surface area (Å²) in [7, 11) is -1.46. The van der Waals surface area contributed by atoms with E-state index in [-0.39, 0.29) is 6.04 Å². The van der Waals surface area contributed by atoms with E-state index in [0.717, 1.165) is 24.9 Å². The summed E-state index contributed by atoms with van der Waals surface area (Å²) in [5, 5.41) is 0. The van der Waals surface area contributed by atoms with Crippen LogP contribution >= 0.6 is 0 Å². The summed E-state index contributed by atoms with van der Waals surface area (Å²) in [5.41, 5.74) is 7.73. The van der Waals surface area contributed by atoms with Crippen molar-refractivity contribution in [2.45, 2.75) is 50.6 Å². The van der Waals surface area contributed by atoms with Gasteiger partial charge in [0, 0.05) is 17.8 Å². The van der Waals surface area contributed by atoms with Crippen LogP contribution in [0.15, 0.2) is 17.0 Å². The number of benzene rings is 1. The molecule has 2 unspecified atom stereocenters. The highest BCUT2D eigenvalue weighted by molar-refractivity contribution is 7.89. The number of hydrogen-bond acceptors (Lipinski definition) is 4. The molecule has 0 aromatic heterocycles. The van der Waals surface area contributed by atoms with Gasteiger partial charge < -0.3 is 10.6 Å². The van der Waals surface area contributed by atoms with Crippen molar-refractivity contribution in [3.8, 4) is 0 Å². The first kappa shape index (κ1) is 16.3.